The fourth-order valence-electron chi connectivity index (χ4n) is 2.82. The lowest BCUT2D eigenvalue weighted by Gasteiger charge is -2.10. The molecule has 1 N–H and O–H groups in total. The van der Waals surface area contributed by atoms with Crippen LogP contribution < -0.4 is 10.1 Å². The molecule has 3 heterocycles. The molecular weight excluding hydrogens is 425 g/mol. The highest BCUT2D eigenvalue weighted by Gasteiger charge is 2.37. The fraction of sp³-hybridized carbons (Fsp3) is 0.105. The van der Waals surface area contributed by atoms with Crippen molar-refractivity contribution < 1.29 is 27.1 Å². The molecule has 0 atom stereocenters. The van der Waals surface area contributed by atoms with Crippen molar-refractivity contribution >= 4 is 28.8 Å². The van der Waals surface area contributed by atoms with Crippen LogP contribution in [0.15, 0.2) is 53.1 Å². The van der Waals surface area contributed by atoms with E-state index >= 15 is 0 Å². The Morgan fingerprint density at radius 3 is 2.67 bits per heavy atom. The quantitative estimate of drug-likeness (QED) is 0.491. The molecule has 0 bridgehead atoms. The lowest BCUT2D eigenvalue weighted by atomic mass is 10.2. The van der Waals surface area contributed by atoms with Crippen LogP contribution in [0.25, 0.3) is 17.1 Å². The van der Waals surface area contributed by atoms with Gasteiger partial charge in [0.05, 0.1) is 19.1 Å². The summed E-state index contributed by atoms with van der Waals surface area (Å²) in [5, 5.41) is 5.97. The highest BCUT2D eigenvalue weighted by Crippen LogP contribution is 2.35. The number of carbonyl (C=O) groups is 1. The maximum absolute atomic E-state index is 13.6. The smallest absolute Gasteiger partial charge is 0.433 e. The number of alkyl halides is 3. The predicted molar refractivity (Wildman–Crippen MR) is 102 cm³/mol. The number of amides is 1. The first-order chi connectivity index (χ1) is 14.3. The molecule has 1 aromatic carbocycles. The highest BCUT2D eigenvalue weighted by molar-refractivity contribution is 6.37. The standard InChI is InChI=1S/C19H12ClF3N4O3/c1-29-12-6-3-2-5-10(12)25-18(28)16-15(20)17-24-11(13-7-4-8-30-13)9-14(19(21,22)23)27(17)26-16/h2-9H,1H3,(H,25,28). The summed E-state index contributed by atoms with van der Waals surface area (Å²) in [7, 11) is 1.42. The Labute approximate surface area is 172 Å². The van der Waals surface area contributed by atoms with Crippen molar-refractivity contribution in [2.45, 2.75) is 6.18 Å². The first-order valence-electron chi connectivity index (χ1n) is 8.44. The summed E-state index contributed by atoms with van der Waals surface area (Å²) in [5.41, 5.74) is -1.70. The van der Waals surface area contributed by atoms with E-state index in [2.05, 4.69) is 15.4 Å². The van der Waals surface area contributed by atoms with Gasteiger partial charge in [-0.3, -0.25) is 4.79 Å². The van der Waals surface area contributed by atoms with E-state index in [1.54, 1.807) is 24.3 Å². The Hall–Kier alpha value is -3.53. The van der Waals surface area contributed by atoms with Crippen molar-refractivity contribution in [1.82, 2.24) is 14.6 Å². The Balaban J connectivity index is 1.84. The van der Waals surface area contributed by atoms with E-state index in [9.17, 15) is 18.0 Å². The predicted octanol–water partition coefficient (Wildman–Crippen LogP) is 4.92. The van der Waals surface area contributed by atoms with Crippen LogP contribution >= 0.6 is 11.6 Å². The molecule has 0 aliphatic rings. The van der Waals surface area contributed by atoms with Crippen molar-refractivity contribution in [3.63, 3.8) is 0 Å². The van der Waals surface area contributed by atoms with Crippen molar-refractivity contribution in [3.05, 3.63) is 65.1 Å². The topological polar surface area (TPSA) is 81.7 Å². The van der Waals surface area contributed by atoms with Crippen molar-refractivity contribution in [2.75, 3.05) is 12.4 Å². The number of nitrogens with one attached hydrogen (secondary N) is 1. The molecule has 0 spiro atoms. The summed E-state index contributed by atoms with van der Waals surface area (Å²) in [4.78, 5) is 16.8. The van der Waals surface area contributed by atoms with Crippen LogP contribution in [-0.4, -0.2) is 27.6 Å². The van der Waals surface area contributed by atoms with Gasteiger partial charge in [-0.05, 0) is 30.3 Å². The third-order valence-corrected chi connectivity index (χ3v) is 4.52. The number of anilines is 1. The minimum atomic E-state index is -4.78. The van der Waals surface area contributed by atoms with Gasteiger partial charge in [-0.15, -0.1) is 0 Å². The molecule has 0 aliphatic carbocycles. The minimum absolute atomic E-state index is 0.0988. The number of methoxy groups -OCH3 is 1. The van der Waals surface area contributed by atoms with E-state index < -0.39 is 23.5 Å². The molecule has 0 saturated heterocycles. The van der Waals surface area contributed by atoms with E-state index in [-0.39, 0.29) is 22.1 Å². The number of halogens is 4. The average Bonchev–Trinajstić information content (AvgIpc) is 3.35. The fourth-order valence-corrected chi connectivity index (χ4v) is 3.06. The van der Waals surface area contributed by atoms with Gasteiger partial charge < -0.3 is 14.5 Å². The summed E-state index contributed by atoms with van der Waals surface area (Å²) in [6.45, 7) is 0. The molecule has 11 heteroatoms. The third-order valence-electron chi connectivity index (χ3n) is 4.17. The summed E-state index contributed by atoms with van der Waals surface area (Å²) >= 11 is 6.21. The Morgan fingerprint density at radius 2 is 2.00 bits per heavy atom. The molecule has 0 radical (unpaired) electrons. The molecule has 0 unspecified atom stereocenters. The molecule has 154 valence electrons. The monoisotopic (exact) mass is 436 g/mol. The van der Waals surface area contributed by atoms with Gasteiger partial charge in [0, 0.05) is 0 Å². The Bertz CT molecular complexity index is 1240. The highest BCUT2D eigenvalue weighted by atomic mass is 35.5. The van der Waals surface area contributed by atoms with Crippen LogP contribution in [0.2, 0.25) is 5.02 Å². The first kappa shape index (κ1) is 19.8. The van der Waals surface area contributed by atoms with Crippen LogP contribution in [0.1, 0.15) is 16.2 Å². The van der Waals surface area contributed by atoms with Crippen LogP contribution in [-0.2, 0) is 6.18 Å². The van der Waals surface area contributed by atoms with Crippen LogP contribution in [0.3, 0.4) is 0 Å². The van der Waals surface area contributed by atoms with Crippen LogP contribution in [0.4, 0.5) is 18.9 Å². The van der Waals surface area contributed by atoms with Gasteiger partial charge in [0.25, 0.3) is 5.91 Å². The molecule has 1 amide bonds. The molecule has 0 fully saturated rings. The van der Waals surface area contributed by atoms with E-state index in [4.69, 9.17) is 20.8 Å². The summed E-state index contributed by atoms with van der Waals surface area (Å²) in [6, 6.07) is 10.3. The molecule has 0 saturated carbocycles. The Morgan fingerprint density at radius 1 is 1.23 bits per heavy atom. The number of fused-ring (bicyclic) bond motifs is 1. The molecule has 0 aliphatic heterocycles. The summed E-state index contributed by atoms with van der Waals surface area (Å²) < 4.78 is 51.7. The van der Waals surface area contributed by atoms with Gasteiger partial charge in [0.15, 0.2) is 22.8 Å². The SMILES string of the molecule is COc1ccccc1NC(=O)c1nn2c(C(F)(F)F)cc(-c3ccco3)nc2c1Cl. The number of ether oxygens (including phenoxy) is 1. The Kier molecular flexibility index (Phi) is 4.86. The zero-order valence-electron chi connectivity index (χ0n) is 15.2. The second-order valence-electron chi connectivity index (χ2n) is 6.05. The van der Waals surface area contributed by atoms with Gasteiger partial charge in [0.2, 0.25) is 0 Å². The largest absolute Gasteiger partial charge is 0.495 e. The summed E-state index contributed by atoms with van der Waals surface area (Å²) in [6.07, 6.45) is -3.48. The number of furan rings is 1. The van der Waals surface area contributed by atoms with Gasteiger partial charge >= 0.3 is 6.18 Å². The second-order valence-corrected chi connectivity index (χ2v) is 6.43. The van der Waals surface area contributed by atoms with Crippen molar-refractivity contribution in [2.24, 2.45) is 0 Å². The number of hydrogen-bond donors (Lipinski definition) is 1. The maximum atomic E-state index is 13.6. The van der Waals surface area contributed by atoms with E-state index in [1.165, 1.54) is 25.5 Å². The van der Waals surface area contributed by atoms with Gasteiger partial charge in [-0.1, -0.05) is 23.7 Å². The normalized spacial score (nSPS) is 11.6. The lowest BCUT2D eigenvalue weighted by molar-refractivity contribution is -0.142. The zero-order valence-corrected chi connectivity index (χ0v) is 16.0. The zero-order chi connectivity index (χ0) is 21.5. The number of rotatable bonds is 4. The lowest BCUT2D eigenvalue weighted by Crippen LogP contribution is -2.16. The number of para-hydroxylation sites is 2. The van der Waals surface area contributed by atoms with Crippen molar-refractivity contribution in [3.8, 4) is 17.2 Å². The van der Waals surface area contributed by atoms with Crippen LogP contribution in [0.5, 0.6) is 5.75 Å². The van der Waals surface area contributed by atoms with Crippen molar-refractivity contribution in [1.29, 1.82) is 0 Å². The number of carbonyl (C=O) groups excluding carboxylic acids is 1. The van der Waals surface area contributed by atoms with Gasteiger partial charge in [-0.2, -0.15) is 18.3 Å². The molecule has 7 nitrogen and oxygen atoms in total. The second kappa shape index (κ2) is 7.38. The van der Waals surface area contributed by atoms with Crippen LogP contribution in [0, 0.1) is 0 Å². The molecule has 4 aromatic rings. The van der Waals surface area contributed by atoms with Gasteiger partial charge in [0.1, 0.15) is 16.5 Å². The average molecular weight is 437 g/mol. The third kappa shape index (κ3) is 3.45. The number of benzene rings is 1. The number of hydrogen-bond acceptors (Lipinski definition) is 5. The number of aromatic nitrogens is 3. The van der Waals surface area contributed by atoms with E-state index in [0.29, 0.717) is 16.0 Å². The molecule has 4 rings (SSSR count). The summed E-state index contributed by atoms with van der Waals surface area (Å²) in [5.74, 6) is -0.345. The number of nitrogens with zero attached hydrogens (tertiary/aromatic N) is 3. The molecule has 30 heavy (non-hydrogen) atoms. The van der Waals surface area contributed by atoms with E-state index in [0.717, 1.165) is 6.07 Å². The van der Waals surface area contributed by atoms with E-state index in [1.807, 2.05) is 0 Å². The maximum Gasteiger partial charge on any atom is 0.433 e. The molecular formula is C19H12ClF3N4O3. The first-order valence-corrected chi connectivity index (χ1v) is 8.82. The van der Waals surface area contributed by atoms with Gasteiger partial charge in [-0.25, -0.2) is 9.50 Å². The minimum Gasteiger partial charge on any atom is -0.495 e. The molecule has 3 aromatic heterocycles.